The van der Waals surface area contributed by atoms with E-state index in [4.69, 9.17) is 13.0 Å². The number of alkyl halides is 3. The molecule has 0 N–H and O–H groups in total. The van der Waals surface area contributed by atoms with Crippen molar-refractivity contribution in [1.29, 1.82) is 0 Å². The Hall–Kier alpha value is -1.19. The zero-order valence-electron chi connectivity index (χ0n) is 10.1. The van der Waals surface area contributed by atoms with E-state index in [1.54, 1.807) is 0 Å². The molecule has 0 amide bonds. The van der Waals surface area contributed by atoms with Gasteiger partial charge in [-0.3, -0.25) is 0 Å². The van der Waals surface area contributed by atoms with E-state index in [0.717, 1.165) is 4.47 Å². The summed E-state index contributed by atoms with van der Waals surface area (Å²) in [6.07, 6.45) is 2.06. The summed E-state index contributed by atoms with van der Waals surface area (Å²) in [7, 11) is -4.04. The van der Waals surface area contributed by atoms with Crippen LogP contribution in [0.3, 0.4) is 0 Å². The third-order valence-corrected chi connectivity index (χ3v) is 3.21. The van der Waals surface area contributed by atoms with Crippen LogP contribution in [0.2, 0.25) is 0 Å². The number of halogens is 4. The molecule has 2 rings (SSSR count). The van der Waals surface area contributed by atoms with E-state index in [1.165, 1.54) is 10.9 Å². The van der Waals surface area contributed by atoms with Gasteiger partial charge in [-0.15, -0.1) is 0 Å². The van der Waals surface area contributed by atoms with Crippen LogP contribution >= 0.6 is 15.9 Å². The second-order valence-electron chi connectivity index (χ2n) is 3.73. The van der Waals surface area contributed by atoms with Crippen molar-refractivity contribution in [3.8, 4) is 0 Å². The van der Waals surface area contributed by atoms with Crippen LogP contribution in [0.1, 0.15) is 0 Å². The van der Waals surface area contributed by atoms with Crippen LogP contribution in [0.15, 0.2) is 41.0 Å². The van der Waals surface area contributed by atoms with Gasteiger partial charge in [0.2, 0.25) is 5.52 Å². The van der Waals surface area contributed by atoms with E-state index in [0.29, 0.717) is 0 Å². The Kier molecular flexibility index (Phi) is 5.11. The van der Waals surface area contributed by atoms with Crippen molar-refractivity contribution in [1.82, 2.24) is 0 Å². The average Bonchev–Trinajstić information content (AvgIpc) is 2.26. The van der Waals surface area contributed by atoms with E-state index < -0.39 is 15.6 Å². The zero-order valence-corrected chi connectivity index (χ0v) is 12.5. The van der Waals surface area contributed by atoms with Gasteiger partial charge in [-0.25, -0.2) is 8.42 Å². The number of nitrogens with zero attached hydrogens (tertiary/aromatic N) is 1. The van der Waals surface area contributed by atoms with Crippen molar-refractivity contribution in [2.75, 3.05) is 0 Å². The molecule has 1 aromatic carbocycles. The molecule has 0 aliphatic rings. The second kappa shape index (κ2) is 6.06. The van der Waals surface area contributed by atoms with Gasteiger partial charge in [-0.2, -0.15) is 17.7 Å². The largest absolute Gasteiger partial charge is 0.741 e. The maximum Gasteiger partial charge on any atom is 0.485 e. The first-order valence-electron chi connectivity index (χ1n) is 5.08. The molecule has 0 unspecified atom stereocenters. The first kappa shape index (κ1) is 16.9. The van der Waals surface area contributed by atoms with E-state index in [9.17, 15) is 13.2 Å². The van der Waals surface area contributed by atoms with Crippen LogP contribution < -0.4 is 4.57 Å². The Morgan fingerprint density at radius 3 is 2.25 bits per heavy atom. The number of pyridine rings is 1. The summed E-state index contributed by atoms with van der Waals surface area (Å²) in [5, 5.41) is 1.26. The van der Waals surface area contributed by atoms with Crippen LogP contribution in [-0.4, -0.2) is 18.5 Å². The summed E-state index contributed by atoms with van der Waals surface area (Å²) in [5.74, 6) is 0. The standard InChI is InChI=1S/C10H9BrN.CHF3O3S/c1-12-7-9(11)6-8-4-2-3-5-10(8)12;2-1(3,4)8(5,6)7/h2-7H,1H3;(H,5,6,7)/q+1;/p-1. The molecule has 0 bridgehead atoms. The Balaban J connectivity index is 0.000000221. The molecule has 110 valence electrons. The molecule has 0 saturated heterocycles. The number of aryl methyl sites for hydroxylation is 1. The fourth-order valence-electron chi connectivity index (χ4n) is 1.37. The SMILES string of the molecule is C[n+]1cc(Br)cc2ccccc21.O=S(=O)([O-])C(F)(F)F. The number of para-hydroxylation sites is 1. The maximum atomic E-state index is 10.7. The van der Waals surface area contributed by atoms with Crippen LogP contribution in [-0.2, 0) is 17.2 Å². The van der Waals surface area contributed by atoms with Gasteiger partial charge >= 0.3 is 5.51 Å². The Labute approximate surface area is 121 Å². The molecule has 0 radical (unpaired) electrons. The molecule has 0 spiro atoms. The highest BCUT2D eigenvalue weighted by molar-refractivity contribution is 9.10. The third-order valence-electron chi connectivity index (χ3n) is 2.21. The summed E-state index contributed by atoms with van der Waals surface area (Å²) in [6.45, 7) is 0. The fraction of sp³-hybridized carbons (Fsp3) is 0.182. The topological polar surface area (TPSA) is 61.1 Å². The average molecular weight is 372 g/mol. The monoisotopic (exact) mass is 371 g/mol. The highest BCUT2D eigenvalue weighted by Gasteiger charge is 2.36. The number of fused-ring (bicyclic) bond motifs is 1. The number of hydrogen-bond acceptors (Lipinski definition) is 3. The minimum atomic E-state index is -6.09. The molecule has 0 saturated carbocycles. The molecule has 4 nitrogen and oxygen atoms in total. The molecule has 0 aliphatic carbocycles. The minimum Gasteiger partial charge on any atom is -0.741 e. The highest BCUT2D eigenvalue weighted by Crippen LogP contribution is 2.20. The van der Waals surface area contributed by atoms with Crippen LogP contribution in [0.4, 0.5) is 13.2 Å². The Morgan fingerprint density at radius 2 is 1.75 bits per heavy atom. The lowest BCUT2D eigenvalue weighted by Crippen LogP contribution is -2.28. The molecule has 0 atom stereocenters. The number of benzene rings is 1. The highest BCUT2D eigenvalue weighted by atomic mass is 79.9. The van der Waals surface area contributed by atoms with E-state index in [1.807, 2.05) is 7.05 Å². The van der Waals surface area contributed by atoms with E-state index in [2.05, 4.69) is 57.0 Å². The Bertz CT molecular complexity index is 716. The predicted octanol–water partition coefficient (Wildman–Crippen LogP) is 2.48. The van der Waals surface area contributed by atoms with Crippen molar-refractivity contribution in [2.24, 2.45) is 7.05 Å². The van der Waals surface area contributed by atoms with Crippen molar-refractivity contribution >= 4 is 37.0 Å². The molecule has 20 heavy (non-hydrogen) atoms. The van der Waals surface area contributed by atoms with Gasteiger partial charge in [0, 0.05) is 11.5 Å². The number of hydrogen-bond donors (Lipinski definition) is 0. The predicted molar refractivity (Wildman–Crippen MR) is 68.6 cm³/mol. The molecular formula is C11H9BrF3NO3S. The Morgan fingerprint density at radius 1 is 1.25 bits per heavy atom. The lowest BCUT2D eigenvalue weighted by atomic mass is 10.2. The molecule has 2 aromatic rings. The number of aromatic nitrogens is 1. The molecule has 9 heteroatoms. The van der Waals surface area contributed by atoms with Gasteiger partial charge in [-0.1, -0.05) is 12.1 Å². The molecule has 0 fully saturated rings. The van der Waals surface area contributed by atoms with E-state index >= 15 is 0 Å². The summed E-state index contributed by atoms with van der Waals surface area (Å²) < 4.78 is 62.1. The van der Waals surface area contributed by atoms with Gasteiger partial charge in [-0.05, 0) is 28.1 Å². The smallest absolute Gasteiger partial charge is 0.485 e. The maximum absolute atomic E-state index is 10.7. The van der Waals surface area contributed by atoms with Gasteiger partial charge in [0.25, 0.3) is 0 Å². The quantitative estimate of drug-likeness (QED) is 0.406. The van der Waals surface area contributed by atoms with Crippen molar-refractivity contribution < 1.29 is 30.7 Å². The normalized spacial score (nSPS) is 11.9. The second-order valence-corrected chi connectivity index (χ2v) is 6.01. The molecule has 0 aliphatic heterocycles. The van der Waals surface area contributed by atoms with Gasteiger partial charge < -0.3 is 4.55 Å². The summed E-state index contributed by atoms with van der Waals surface area (Å²) in [6, 6.07) is 10.4. The molecule has 1 aromatic heterocycles. The zero-order chi connectivity index (χ0) is 15.6. The fourth-order valence-corrected chi connectivity index (χ4v) is 1.92. The lowest BCUT2D eigenvalue weighted by Gasteiger charge is -2.08. The minimum absolute atomic E-state index is 1.11. The summed E-state index contributed by atoms with van der Waals surface area (Å²) in [5.41, 5.74) is -4.40. The van der Waals surface area contributed by atoms with Crippen molar-refractivity contribution in [2.45, 2.75) is 5.51 Å². The molecular weight excluding hydrogens is 363 g/mol. The van der Waals surface area contributed by atoms with Gasteiger partial charge in [0.1, 0.15) is 7.05 Å². The first-order chi connectivity index (χ1) is 9.02. The van der Waals surface area contributed by atoms with Crippen molar-refractivity contribution in [3.63, 3.8) is 0 Å². The third kappa shape index (κ3) is 4.43. The summed E-state index contributed by atoms with van der Waals surface area (Å²) in [4.78, 5) is 0. The molecule has 1 heterocycles. The van der Waals surface area contributed by atoms with Crippen molar-refractivity contribution in [3.05, 3.63) is 41.0 Å². The lowest BCUT2D eigenvalue weighted by molar-refractivity contribution is -0.645. The first-order valence-corrected chi connectivity index (χ1v) is 7.28. The summed E-state index contributed by atoms with van der Waals surface area (Å²) >= 11 is 3.46. The van der Waals surface area contributed by atoms with Crippen LogP contribution in [0, 0.1) is 0 Å². The van der Waals surface area contributed by atoms with Gasteiger partial charge in [0.15, 0.2) is 16.3 Å². The van der Waals surface area contributed by atoms with Crippen LogP contribution in [0.25, 0.3) is 10.9 Å². The van der Waals surface area contributed by atoms with Crippen LogP contribution in [0.5, 0.6) is 0 Å². The number of rotatable bonds is 0. The van der Waals surface area contributed by atoms with E-state index in [-0.39, 0.29) is 0 Å². The van der Waals surface area contributed by atoms with Gasteiger partial charge in [0.05, 0.1) is 4.47 Å².